The maximum absolute atomic E-state index is 12.5. The molecule has 2 unspecified atom stereocenters. The Morgan fingerprint density at radius 3 is 2.81 bits per heavy atom. The maximum atomic E-state index is 12.5. The minimum absolute atomic E-state index is 0.0851. The Kier molecular flexibility index (Phi) is 4.89. The topological polar surface area (TPSA) is 41.6 Å². The molecular weight excluding hydrogens is 404 g/mol. The quantitative estimate of drug-likeness (QED) is 0.723. The molecule has 2 atom stereocenters. The SMILES string of the molecule is Cc1ccc2c(c1Br)NCC21CCN(C(=O)OCc2ccccc2)CC1C. The van der Waals surface area contributed by atoms with Gasteiger partial charge in [0.15, 0.2) is 0 Å². The van der Waals surface area contributed by atoms with Gasteiger partial charge in [0.05, 0.1) is 5.69 Å². The van der Waals surface area contributed by atoms with E-state index in [0.29, 0.717) is 12.5 Å². The Morgan fingerprint density at radius 1 is 1.30 bits per heavy atom. The fourth-order valence-corrected chi connectivity index (χ4v) is 4.91. The van der Waals surface area contributed by atoms with Crippen molar-refractivity contribution in [1.82, 2.24) is 4.90 Å². The van der Waals surface area contributed by atoms with Crippen LogP contribution in [0.3, 0.4) is 0 Å². The van der Waals surface area contributed by atoms with Crippen molar-refractivity contribution in [2.24, 2.45) is 5.92 Å². The number of carbonyl (C=O) groups excluding carboxylic acids is 1. The number of hydrogen-bond donors (Lipinski definition) is 1. The lowest BCUT2D eigenvalue weighted by Gasteiger charge is -2.44. The summed E-state index contributed by atoms with van der Waals surface area (Å²) in [7, 11) is 0. The first-order chi connectivity index (χ1) is 13.0. The molecule has 4 rings (SSSR count). The number of nitrogens with zero attached hydrogens (tertiary/aromatic N) is 1. The van der Waals surface area contributed by atoms with E-state index >= 15 is 0 Å². The zero-order chi connectivity index (χ0) is 19.0. The van der Waals surface area contributed by atoms with Crippen molar-refractivity contribution in [3.63, 3.8) is 0 Å². The van der Waals surface area contributed by atoms with Crippen LogP contribution in [0, 0.1) is 12.8 Å². The summed E-state index contributed by atoms with van der Waals surface area (Å²) in [5.74, 6) is 0.360. The van der Waals surface area contributed by atoms with E-state index in [2.05, 4.69) is 47.2 Å². The summed E-state index contributed by atoms with van der Waals surface area (Å²) in [6.45, 7) is 7.07. The highest BCUT2D eigenvalue weighted by atomic mass is 79.9. The molecule has 0 aromatic heterocycles. The first-order valence-corrected chi connectivity index (χ1v) is 10.3. The van der Waals surface area contributed by atoms with Gasteiger partial charge in [0.25, 0.3) is 0 Å². The maximum Gasteiger partial charge on any atom is 0.410 e. The molecule has 27 heavy (non-hydrogen) atoms. The van der Waals surface area contributed by atoms with Crippen molar-refractivity contribution < 1.29 is 9.53 Å². The summed E-state index contributed by atoms with van der Waals surface area (Å²) in [4.78, 5) is 14.4. The summed E-state index contributed by atoms with van der Waals surface area (Å²) >= 11 is 3.73. The summed E-state index contributed by atoms with van der Waals surface area (Å²) in [5, 5.41) is 3.61. The van der Waals surface area contributed by atoms with Gasteiger partial charge in [-0.3, -0.25) is 0 Å². The first kappa shape index (κ1) is 18.4. The van der Waals surface area contributed by atoms with Crippen molar-refractivity contribution >= 4 is 27.7 Å². The first-order valence-electron chi connectivity index (χ1n) is 9.50. The molecule has 1 fully saturated rings. The number of hydrogen-bond acceptors (Lipinski definition) is 3. The molecule has 2 aromatic carbocycles. The fourth-order valence-electron chi connectivity index (χ4n) is 4.43. The number of likely N-dealkylation sites (tertiary alicyclic amines) is 1. The summed E-state index contributed by atoms with van der Waals surface area (Å²) in [6.07, 6.45) is 0.737. The van der Waals surface area contributed by atoms with Gasteiger partial charge in [0.1, 0.15) is 6.61 Å². The molecule has 1 N–H and O–H groups in total. The number of halogens is 1. The predicted molar refractivity (Wildman–Crippen MR) is 111 cm³/mol. The van der Waals surface area contributed by atoms with Crippen molar-refractivity contribution in [1.29, 1.82) is 0 Å². The van der Waals surface area contributed by atoms with Crippen LogP contribution >= 0.6 is 15.9 Å². The molecule has 0 radical (unpaired) electrons. The van der Waals surface area contributed by atoms with Crippen LogP contribution in [0.2, 0.25) is 0 Å². The number of amides is 1. The third kappa shape index (κ3) is 3.22. The third-order valence-electron chi connectivity index (χ3n) is 6.18. The van der Waals surface area contributed by atoms with E-state index in [1.807, 2.05) is 35.2 Å². The molecule has 1 saturated heterocycles. The Balaban J connectivity index is 1.45. The van der Waals surface area contributed by atoms with Gasteiger partial charge in [0, 0.05) is 29.5 Å². The Labute approximate surface area is 169 Å². The average molecular weight is 429 g/mol. The van der Waals surface area contributed by atoms with Crippen molar-refractivity contribution in [3.8, 4) is 0 Å². The molecule has 1 spiro atoms. The lowest BCUT2D eigenvalue weighted by atomic mass is 9.68. The van der Waals surface area contributed by atoms with Crippen LogP contribution in [-0.4, -0.2) is 30.6 Å². The number of aryl methyl sites for hydroxylation is 1. The van der Waals surface area contributed by atoms with Crippen LogP contribution in [0.1, 0.15) is 30.0 Å². The number of anilines is 1. The van der Waals surface area contributed by atoms with E-state index in [0.717, 1.165) is 36.1 Å². The number of fused-ring (bicyclic) bond motifs is 2. The second kappa shape index (κ2) is 7.19. The van der Waals surface area contributed by atoms with Crippen LogP contribution in [0.15, 0.2) is 46.9 Å². The molecule has 2 aliphatic rings. The van der Waals surface area contributed by atoms with Crippen LogP contribution in [-0.2, 0) is 16.8 Å². The average Bonchev–Trinajstić information content (AvgIpc) is 3.06. The number of nitrogens with one attached hydrogen (secondary N) is 1. The van der Waals surface area contributed by atoms with E-state index in [1.54, 1.807) is 0 Å². The molecule has 0 aliphatic carbocycles. The summed E-state index contributed by atoms with van der Waals surface area (Å²) < 4.78 is 6.70. The third-order valence-corrected chi connectivity index (χ3v) is 7.20. The van der Waals surface area contributed by atoms with Crippen LogP contribution in [0.4, 0.5) is 10.5 Å². The normalized spacial score (nSPS) is 23.8. The molecular formula is C22H25BrN2O2. The van der Waals surface area contributed by atoms with Gasteiger partial charge < -0.3 is 15.0 Å². The smallest absolute Gasteiger partial charge is 0.410 e. The van der Waals surface area contributed by atoms with Crippen molar-refractivity contribution in [3.05, 3.63) is 63.6 Å². The zero-order valence-electron chi connectivity index (χ0n) is 15.8. The Morgan fingerprint density at radius 2 is 2.07 bits per heavy atom. The van der Waals surface area contributed by atoms with Crippen LogP contribution in [0.25, 0.3) is 0 Å². The largest absolute Gasteiger partial charge is 0.445 e. The van der Waals surface area contributed by atoms with Crippen LogP contribution in [0.5, 0.6) is 0 Å². The van der Waals surface area contributed by atoms with E-state index < -0.39 is 0 Å². The lowest BCUT2D eigenvalue weighted by molar-refractivity contribution is 0.0618. The van der Waals surface area contributed by atoms with Gasteiger partial charge in [-0.1, -0.05) is 49.4 Å². The lowest BCUT2D eigenvalue weighted by Crippen LogP contribution is -2.51. The summed E-state index contributed by atoms with van der Waals surface area (Å²) in [5.41, 5.74) is 4.95. The second-order valence-corrected chi connectivity index (χ2v) is 8.56. The highest BCUT2D eigenvalue weighted by molar-refractivity contribution is 9.10. The summed E-state index contributed by atoms with van der Waals surface area (Å²) in [6, 6.07) is 14.3. The van der Waals surface area contributed by atoms with Gasteiger partial charge >= 0.3 is 6.09 Å². The molecule has 2 heterocycles. The molecule has 2 aliphatic heterocycles. The van der Waals surface area contributed by atoms with E-state index in [1.165, 1.54) is 16.8 Å². The molecule has 0 saturated carbocycles. The number of rotatable bonds is 2. The van der Waals surface area contributed by atoms with Crippen molar-refractivity contribution in [2.75, 3.05) is 25.0 Å². The van der Waals surface area contributed by atoms with Gasteiger partial charge in [-0.05, 0) is 51.9 Å². The molecule has 0 bridgehead atoms. The Hall–Kier alpha value is -2.01. The molecule has 1 amide bonds. The monoisotopic (exact) mass is 428 g/mol. The minimum atomic E-state index is -0.211. The number of ether oxygens (including phenoxy) is 1. The Bertz CT molecular complexity index is 855. The van der Waals surface area contributed by atoms with E-state index in [4.69, 9.17) is 4.74 Å². The number of piperidine rings is 1. The highest BCUT2D eigenvalue weighted by Crippen LogP contribution is 2.49. The number of benzene rings is 2. The van der Waals surface area contributed by atoms with Gasteiger partial charge in [-0.25, -0.2) is 4.79 Å². The van der Waals surface area contributed by atoms with E-state index in [9.17, 15) is 4.79 Å². The second-order valence-electron chi connectivity index (χ2n) is 7.77. The minimum Gasteiger partial charge on any atom is -0.445 e. The van der Waals surface area contributed by atoms with Gasteiger partial charge in [-0.2, -0.15) is 0 Å². The van der Waals surface area contributed by atoms with Crippen molar-refractivity contribution in [2.45, 2.75) is 32.3 Å². The molecule has 4 nitrogen and oxygen atoms in total. The van der Waals surface area contributed by atoms with Crippen LogP contribution < -0.4 is 5.32 Å². The standard InChI is InChI=1S/C22H25BrN2O2/c1-15-8-9-18-20(19(15)23)24-14-22(18)10-11-25(12-16(22)2)21(26)27-13-17-6-4-3-5-7-17/h3-9,16,24H,10-14H2,1-2H3. The fraction of sp³-hybridized carbons (Fsp3) is 0.409. The van der Waals surface area contributed by atoms with E-state index in [-0.39, 0.29) is 11.5 Å². The number of carbonyl (C=O) groups is 1. The van der Waals surface area contributed by atoms with Gasteiger partial charge in [0.2, 0.25) is 0 Å². The highest BCUT2D eigenvalue weighted by Gasteiger charge is 2.47. The predicted octanol–water partition coefficient (Wildman–Crippen LogP) is 5.10. The van der Waals surface area contributed by atoms with Gasteiger partial charge in [-0.15, -0.1) is 0 Å². The zero-order valence-corrected chi connectivity index (χ0v) is 17.4. The molecule has 5 heteroatoms. The molecule has 2 aromatic rings. The molecule has 142 valence electrons.